The van der Waals surface area contributed by atoms with Gasteiger partial charge in [-0.15, -0.1) is 0 Å². The van der Waals surface area contributed by atoms with Crippen LogP contribution in [0.25, 0.3) is 0 Å². The first-order valence-corrected chi connectivity index (χ1v) is 12.5. The lowest BCUT2D eigenvalue weighted by Gasteiger charge is -2.26. The Hall–Kier alpha value is -3.71. The van der Waals surface area contributed by atoms with E-state index in [1.807, 2.05) is 13.8 Å². The zero-order valence-electron chi connectivity index (χ0n) is 21.8. The van der Waals surface area contributed by atoms with E-state index in [4.69, 9.17) is 17.2 Å². The predicted octanol–water partition coefficient (Wildman–Crippen LogP) is -1.15. The van der Waals surface area contributed by atoms with Crippen LogP contribution in [0.4, 0.5) is 0 Å². The van der Waals surface area contributed by atoms with Crippen LogP contribution in [0.5, 0.6) is 5.75 Å². The summed E-state index contributed by atoms with van der Waals surface area (Å²) in [6.45, 7) is 4.04. The molecule has 4 unspecified atom stereocenters. The van der Waals surface area contributed by atoms with Crippen molar-refractivity contribution >= 4 is 29.6 Å². The second kappa shape index (κ2) is 16.2. The van der Waals surface area contributed by atoms with Gasteiger partial charge in [0.1, 0.15) is 23.9 Å². The molecule has 38 heavy (non-hydrogen) atoms. The van der Waals surface area contributed by atoms with Crippen LogP contribution in [0, 0.1) is 5.92 Å². The van der Waals surface area contributed by atoms with Crippen LogP contribution >= 0.6 is 0 Å². The number of hydrogen-bond donors (Lipinski definition) is 8. The van der Waals surface area contributed by atoms with Crippen molar-refractivity contribution in [1.82, 2.24) is 16.0 Å². The number of benzene rings is 1. The Morgan fingerprint density at radius 2 is 1.42 bits per heavy atom. The summed E-state index contributed by atoms with van der Waals surface area (Å²) in [4.78, 5) is 61.6. The van der Waals surface area contributed by atoms with Gasteiger partial charge in [-0.05, 0) is 55.8 Å². The summed E-state index contributed by atoms with van der Waals surface area (Å²) in [7, 11) is 0. The molecule has 212 valence electrons. The number of carboxylic acids is 1. The maximum Gasteiger partial charge on any atom is 0.326 e. The van der Waals surface area contributed by atoms with Crippen LogP contribution in [0.15, 0.2) is 24.3 Å². The van der Waals surface area contributed by atoms with E-state index in [2.05, 4.69) is 16.0 Å². The summed E-state index contributed by atoms with van der Waals surface area (Å²) >= 11 is 0. The first kappa shape index (κ1) is 32.3. The molecule has 0 aliphatic rings. The number of amides is 4. The van der Waals surface area contributed by atoms with E-state index >= 15 is 0 Å². The van der Waals surface area contributed by atoms with Crippen molar-refractivity contribution in [3.63, 3.8) is 0 Å². The highest BCUT2D eigenvalue weighted by Gasteiger charge is 2.31. The molecule has 13 heteroatoms. The Balaban J connectivity index is 3.02. The molecular formula is C25H40N6O7. The average molecular weight is 537 g/mol. The number of phenolic OH excluding ortho intramolecular Hbond substituents is 1. The van der Waals surface area contributed by atoms with Crippen LogP contribution < -0.4 is 33.2 Å². The highest BCUT2D eigenvalue weighted by Crippen LogP contribution is 2.13. The van der Waals surface area contributed by atoms with Gasteiger partial charge in [0.15, 0.2) is 0 Å². The molecule has 4 amide bonds. The van der Waals surface area contributed by atoms with Crippen molar-refractivity contribution in [1.29, 1.82) is 0 Å². The summed E-state index contributed by atoms with van der Waals surface area (Å²) in [5.74, 6) is -4.17. The van der Waals surface area contributed by atoms with E-state index in [0.29, 0.717) is 24.9 Å². The van der Waals surface area contributed by atoms with Gasteiger partial charge in [-0.3, -0.25) is 19.2 Å². The maximum absolute atomic E-state index is 13.1. The zero-order chi connectivity index (χ0) is 28.8. The number of aromatic hydroxyl groups is 1. The van der Waals surface area contributed by atoms with Crippen LogP contribution in [-0.2, 0) is 30.4 Å². The minimum atomic E-state index is -1.29. The van der Waals surface area contributed by atoms with Gasteiger partial charge in [-0.1, -0.05) is 26.0 Å². The van der Waals surface area contributed by atoms with Crippen LogP contribution in [0.2, 0.25) is 0 Å². The quantitative estimate of drug-likeness (QED) is 0.112. The first-order chi connectivity index (χ1) is 17.8. The molecule has 0 aliphatic carbocycles. The lowest BCUT2D eigenvalue weighted by Crippen LogP contribution is -2.57. The smallest absolute Gasteiger partial charge is 0.326 e. The van der Waals surface area contributed by atoms with Crippen molar-refractivity contribution < 1.29 is 34.2 Å². The predicted molar refractivity (Wildman–Crippen MR) is 139 cm³/mol. The topological polar surface area (TPSA) is 240 Å². The lowest BCUT2D eigenvalue weighted by molar-refractivity contribution is -0.142. The maximum atomic E-state index is 13.1. The van der Waals surface area contributed by atoms with Crippen molar-refractivity contribution in [3.8, 4) is 5.75 Å². The van der Waals surface area contributed by atoms with E-state index in [1.165, 1.54) is 12.1 Å². The van der Waals surface area contributed by atoms with Crippen molar-refractivity contribution in [2.45, 2.75) is 76.5 Å². The number of unbranched alkanes of at least 4 members (excludes halogenated alkanes) is 1. The second-order valence-corrected chi connectivity index (χ2v) is 9.58. The molecule has 0 spiro atoms. The van der Waals surface area contributed by atoms with Gasteiger partial charge in [0.25, 0.3) is 0 Å². The monoisotopic (exact) mass is 536 g/mol. The fraction of sp³-hybridized carbons (Fsp3) is 0.560. The number of rotatable bonds is 17. The number of nitrogens with two attached hydrogens (primary N) is 3. The van der Waals surface area contributed by atoms with Crippen LogP contribution in [0.3, 0.4) is 0 Å². The summed E-state index contributed by atoms with van der Waals surface area (Å²) in [5.41, 5.74) is 16.9. The standard InChI is InChI=1S/C25H40N6O7/c1-14(2)11-19(24(36)31-20(25(37)38)12-15-6-8-16(32)9-7-15)30-23(35)18(5-3-4-10-26)29-22(34)17(27)13-21(28)33/h6-9,14,17-20,32H,3-5,10-13,26-27H2,1-2H3,(H2,28,33)(H,29,34)(H,30,35)(H,31,36)(H,37,38). The van der Waals surface area contributed by atoms with E-state index in [-0.39, 0.29) is 30.9 Å². The Labute approximate surface area is 221 Å². The summed E-state index contributed by atoms with van der Waals surface area (Å²) in [6, 6.07) is 1.22. The third-order valence-electron chi connectivity index (χ3n) is 5.67. The van der Waals surface area contributed by atoms with Gasteiger partial charge >= 0.3 is 5.97 Å². The minimum absolute atomic E-state index is 0.0214. The van der Waals surface area contributed by atoms with Gasteiger partial charge in [0.05, 0.1) is 12.5 Å². The molecule has 0 saturated carbocycles. The average Bonchev–Trinajstić information content (AvgIpc) is 2.82. The molecule has 1 rings (SSSR count). The molecule has 1 aromatic rings. The van der Waals surface area contributed by atoms with E-state index in [9.17, 15) is 34.2 Å². The molecule has 1 aromatic carbocycles. The third-order valence-corrected chi connectivity index (χ3v) is 5.67. The molecule has 0 heterocycles. The van der Waals surface area contributed by atoms with E-state index in [0.717, 1.165) is 0 Å². The Kier molecular flexibility index (Phi) is 13.8. The van der Waals surface area contributed by atoms with Crippen molar-refractivity contribution in [3.05, 3.63) is 29.8 Å². The van der Waals surface area contributed by atoms with Crippen molar-refractivity contribution in [2.24, 2.45) is 23.1 Å². The Morgan fingerprint density at radius 1 is 0.868 bits per heavy atom. The van der Waals surface area contributed by atoms with Gasteiger partial charge < -0.3 is 43.4 Å². The van der Waals surface area contributed by atoms with Gasteiger partial charge in [-0.2, -0.15) is 0 Å². The summed E-state index contributed by atoms with van der Waals surface area (Å²) in [5, 5.41) is 26.7. The van der Waals surface area contributed by atoms with Crippen molar-refractivity contribution in [2.75, 3.05) is 6.54 Å². The summed E-state index contributed by atoms with van der Waals surface area (Å²) in [6.07, 6.45) is 1.04. The Morgan fingerprint density at radius 3 is 1.95 bits per heavy atom. The molecule has 0 bridgehead atoms. The number of primary amides is 1. The highest BCUT2D eigenvalue weighted by atomic mass is 16.4. The SMILES string of the molecule is CC(C)CC(NC(=O)C(CCCCN)NC(=O)C(N)CC(N)=O)C(=O)NC(Cc1ccc(O)cc1)C(=O)O. The molecule has 11 N–H and O–H groups in total. The molecule has 13 nitrogen and oxygen atoms in total. The fourth-order valence-electron chi connectivity index (χ4n) is 3.67. The molecule has 0 fully saturated rings. The number of carbonyl (C=O) groups is 5. The largest absolute Gasteiger partial charge is 0.508 e. The van der Waals surface area contributed by atoms with Gasteiger partial charge in [0, 0.05) is 6.42 Å². The number of carboxylic acid groups (broad SMARTS) is 1. The molecule has 0 aliphatic heterocycles. The molecular weight excluding hydrogens is 496 g/mol. The highest BCUT2D eigenvalue weighted by molar-refractivity contribution is 5.95. The third kappa shape index (κ3) is 12.0. The summed E-state index contributed by atoms with van der Waals surface area (Å²) < 4.78 is 0. The number of hydrogen-bond acceptors (Lipinski definition) is 8. The first-order valence-electron chi connectivity index (χ1n) is 12.5. The number of aliphatic carboxylic acids is 1. The fourth-order valence-corrected chi connectivity index (χ4v) is 3.67. The minimum Gasteiger partial charge on any atom is -0.508 e. The number of phenols is 1. The van der Waals surface area contributed by atoms with Crippen LogP contribution in [-0.4, -0.2) is 70.5 Å². The van der Waals surface area contributed by atoms with Gasteiger partial charge in [-0.25, -0.2) is 4.79 Å². The second-order valence-electron chi connectivity index (χ2n) is 9.58. The van der Waals surface area contributed by atoms with E-state index in [1.54, 1.807) is 12.1 Å². The molecule has 4 atom stereocenters. The lowest BCUT2D eigenvalue weighted by atomic mass is 10.00. The molecule has 0 radical (unpaired) electrons. The Bertz CT molecular complexity index is 954. The molecule has 0 saturated heterocycles. The number of nitrogens with one attached hydrogen (secondary N) is 3. The van der Waals surface area contributed by atoms with Gasteiger partial charge in [0.2, 0.25) is 23.6 Å². The zero-order valence-corrected chi connectivity index (χ0v) is 21.8. The van der Waals surface area contributed by atoms with E-state index < -0.39 is 60.2 Å². The van der Waals surface area contributed by atoms with Crippen LogP contribution in [0.1, 0.15) is 51.5 Å². The molecule has 0 aromatic heterocycles. The number of carbonyl (C=O) groups excluding carboxylic acids is 4. The normalized spacial score (nSPS) is 14.1.